The molecule has 1 heterocycles. The van der Waals surface area contributed by atoms with Crippen molar-refractivity contribution in [2.45, 2.75) is 18.7 Å². The van der Waals surface area contributed by atoms with E-state index < -0.39 is 16.0 Å². The van der Waals surface area contributed by atoms with Crippen molar-refractivity contribution in [3.63, 3.8) is 0 Å². The fourth-order valence-corrected chi connectivity index (χ4v) is 3.27. The van der Waals surface area contributed by atoms with Crippen molar-refractivity contribution in [1.82, 2.24) is 4.98 Å². The molecule has 0 aliphatic heterocycles. The molecule has 0 fully saturated rings. The van der Waals surface area contributed by atoms with Gasteiger partial charge in [0, 0.05) is 23.6 Å². The van der Waals surface area contributed by atoms with Crippen LogP contribution in [-0.4, -0.2) is 23.9 Å². The fraction of sp³-hybridized carbons (Fsp3) is 0.0909. The highest BCUT2D eigenvalue weighted by Crippen LogP contribution is 2.30. The van der Waals surface area contributed by atoms with Crippen molar-refractivity contribution in [2.75, 3.05) is 5.32 Å². The lowest BCUT2D eigenvalue weighted by molar-refractivity contribution is 0.102. The van der Waals surface area contributed by atoms with Crippen LogP contribution in [0.25, 0.3) is 9.69 Å². The molecule has 3 rings (SSSR count). The van der Waals surface area contributed by atoms with Gasteiger partial charge < -0.3 is 5.32 Å². The highest BCUT2D eigenvalue weighted by molar-refractivity contribution is 7.85. The molecule has 0 atom stereocenters. The smallest absolute Gasteiger partial charge is 0.294 e. The molecule has 2 N–H and O–H groups in total. The third kappa shape index (κ3) is 6.21. The second kappa shape index (κ2) is 10.1. The number of pyridine rings is 1. The van der Waals surface area contributed by atoms with Gasteiger partial charge in [-0.3, -0.25) is 24.0 Å². The van der Waals surface area contributed by atoms with Crippen LogP contribution in [0.2, 0.25) is 0 Å². The highest BCUT2D eigenvalue weighted by Gasteiger charge is 2.16. The van der Waals surface area contributed by atoms with E-state index in [1.807, 2.05) is 18.2 Å². The van der Waals surface area contributed by atoms with E-state index in [9.17, 15) is 13.2 Å². The average molecular weight is 434 g/mol. The zero-order valence-electron chi connectivity index (χ0n) is 16.7. The minimum absolute atomic E-state index is 0.0813. The Bertz CT molecular complexity index is 1240. The molecule has 0 saturated carbocycles. The predicted octanol–water partition coefficient (Wildman–Crippen LogP) is 4.99. The monoisotopic (exact) mass is 434 g/mol. The summed E-state index contributed by atoms with van der Waals surface area (Å²) in [4.78, 5) is 22.4. The number of hydrogen-bond donors (Lipinski definition) is 2. The number of amides is 1. The molecule has 0 aliphatic rings. The zero-order chi connectivity index (χ0) is 23.0. The Balaban J connectivity index is 0.000000488. The Morgan fingerprint density at radius 1 is 0.968 bits per heavy atom. The van der Waals surface area contributed by atoms with Crippen molar-refractivity contribution in [3.8, 4) is 0 Å². The summed E-state index contributed by atoms with van der Waals surface area (Å²) >= 11 is 0. The Morgan fingerprint density at radius 2 is 1.55 bits per heavy atom. The van der Waals surface area contributed by atoms with Gasteiger partial charge in [-0.05, 0) is 49.2 Å². The van der Waals surface area contributed by atoms with Crippen molar-refractivity contribution in [1.29, 1.82) is 0 Å². The number of carbonyl (C=O) groups excluding carboxylic acids is 1. The van der Waals surface area contributed by atoms with Crippen molar-refractivity contribution in [3.05, 3.63) is 100 Å². The van der Waals surface area contributed by atoms with Gasteiger partial charge in [-0.15, -0.1) is 0 Å². The molecule has 31 heavy (non-hydrogen) atoms. The molecule has 0 spiro atoms. The van der Waals surface area contributed by atoms with Crippen LogP contribution in [0, 0.1) is 27.0 Å². The van der Waals surface area contributed by atoms with Crippen LogP contribution in [0.5, 0.6) is 0 Å². The molecule has 3 aromatic rings. The summed E-state index contributed by atoms with van der Waals surface area (Å²) in [6, 6.07) is 12.4. The number of nitrogens with zero attached hydrogens (tertiary/aromatic N) is 3. The highest BCUT2D eigenvalue weighted by atomic mass is 32.2. The summed E-state index contributed by atoms with van der Waals surface area (Å²) in [5, 5.41) is 2.67. The summed E-state index contributed by atoms with van der Waals surface area (Å²) in [6.07, 6.45) is 3.50. The largest absolute Gasteiger partial charge is 0.322 e. The second-order valence-corrected chi connectivity index (χ2v) is 7.73. The van der Waals surface area contributed by atoms with Gasteiger partial charge in [0.25, 0.3) is 16.0 Å². The molecular weight excluding hydrogens is 416 g/mol. The maximum Gasteiger partial charge on any atom is 0.294 e. The standard InChI is InChI=1S/C17H13N3O4S.C5H5N/c1-10-7-13(25(22,23)24)8-11(2)16(10)20-17(21)12-5-6-14(18-3)15(9-12)19-4;1-2-4-6-5-3-1/h5-9H,1-2H3,(H,20,21)(H,22,23,24);1-5H. The van der Waals surface area contributed by atoms with Gasteiger partial charge in [-0.2, -0.15) is 8.42 Å². The summed E-state index contributed by atoms with van der Waals surface area (Å²) in [5.74, 6) is -0.493. The normalized spacial score (nSPS) is 10.1. The van der Waals surface area contributed by atoms with Gasteiger partial charge in [-0.25, -0.2) is 0 Å². The van der Waals surface area contributed by atoms with E-state index in [4.69, 9.17) is 17.7 Å². The van der Waals surface area contributed by atoms with Gasteiger partial charge in [0.2, 0.25) is 0 Å². The molecule has 0 unspecified atom stereocenters. The fourth-order valence-electron chi connectivity index (χ4n) is 2.62. The zero-order valence-corrected chi connectivity index (χ0v) is 17.5. The Morgan fingerprint density at radius 3 is 1.97 bits per heavy atom. The van der Waals surface area contributed by atoms with Gasteiger partial charge in [0.1, 0.15) is 0 Å². The first-order valence-corrected chi connectivity index (χ1v) is 10.3. The lowest BCUT2D eigenvalue weighted by atomic mass is 10.1. The van der Waals surface area contributed by atoms with E-state index in [2.05, 4.69) is 20.0 Å². The second-order valence-electron chi connectivity index (χ2n) is 6.31. The quantitative estimate of drug-likeness (QED) is 0.446. The van der Waals surface area contributed by atoms with Crippen LogP contribution in [0.4, 0.5) is 17.1 Å². The number of benzene rings is 2. The molecule has 1 amide bonds. The minimum Gasteiger partial charge on any atom is -0.322 e. The number of aryl methyl sites for hydroxylation is 2. The molecular formula is C22H18N4O4S. The molecule has 9 heteroatoms. The van der Waals surface area contributed by atoms with Crippen molar-refractivity contribution in [2.24, 2.45) is 0 Å². The Kier molecular flexibility index (Phi) is 7.58. The molecule has 0 bridgehead atoms. The van der Waals surface area contributed by atoms with E-state index in [0.717, 1.165) is 0 Å². The van der Waals surface area contributed by atoms with E-state index in [1.165, 1.54) is 30.3 Å². The van der Waals surface area contributed by atoms with E-state index in [0.29, 0.717) is 16.8 Å². The van der Waals surface area contributed by atoms with Crippen LogP contribution in [0.1, 0.15) is 21.5 Å². The summed E-state index contributed by atoms with van der Waals surface area (Å²) in [5.41, 5.74) is 1.79. The third-order valence-corrected chi connectivity index (χ3v) is 4.92. The van der Waals surface area contributed by atoms with Crippen LogP contribution in [-0.2, 0) is 10.1 Å². The van der Waals surface area contributed by atoms with E-state index in [1.54, 1.807) is 26.2 Å². The van der Waals surface area contributed by atoms with Gasteiger partial charge in [-0.1, -0.05) is 24.3 Å². The lowest BCUT2D eigenvalue weighted by Gasteiger charge is -2.13. The molecule has 0 saturated heterocycles. The van der Waals surface area contributed by atoms with Crippen LogP contribution >= 0.6 is 0 Å². The average Bonchev–Trinajstić information content (AvgIpc) is 2.76. The Hall–Kier alpha value is -4.05. The lowest BCUT2D eigenvalue weighted by Crippen LogP contribution is -2.14. The number of anilines is 1. The first-order chi connectivity index (χ1) is 14.7. The number of hydrogen-bond acceptors (Lipinski definition) is 4. The van der Waals surface area contributed by atoms with Crippen LogP contribution in [0.3, 0.4) is 0 Å². The molecule has 0 radical (unpaired) electrons. The topological polar surface area (TPSA) is 105 Å². The summed E-state index contributed by atoms with van der Waals surface area (Å²) in [6.45, 7) is 17.3. The Labute approximate surface area is 180 Å². The first-order valence-electron chi connectivity index (χ1n) is 8.81. The summed E-state index contributed by atoms with van der Waals surface area (Å²) < 4.78 is 31.6. The van der Waals surface area contributed by atoms with Gasteiger partial charge >= 0.3 is 0 Å². The van der Waals surface area contributed by atoms with E-state index >= 15 is 0 Å². The van der Waals surface area contributed by atoms with Crippen LogP contribution < -0.4 is 5.32 Å². The van der Waals surface area contributed by atoms with Crippen LogP contribution in [0.15, 0.2) is 65.8 Å². The maximum atomic E-state index is 12.4. The molecule has 2 aromatic carbocycles. The van der Waals surface area contributed by atoms with Gasteiger partial charge in [0.15, 0.2) is 11.4 Å². The van der Waals surface area contributed by atoms with Gasteiger partial charge in [0.05, 0.1) is 18.0 Å². The molecule has 156 valence electrons. The maximum absolute atomic E-state index is 12.4. The van der Waals surface area contributed by atoms with Crippen molar-refractivity contribution < 1.29 is 17.8 Å². The molecule has 0 aliphatic carbocycles. The minimum atomic E-state index is -4.34. The van der Waals surface area contributed by atoms with Crippen molar-refractivity contribution >= 4 is 33.1 Å². The number of aromatic nitrogens is 1. The number of nitrogens with one attached hydrogen (secondary N) is 1. The predicted molar refractivity (Wildman–Crippen MR) is 117 cm³/mol. The summed E-state index contributed by atoms with van der Waals surface area (Å²) in [7, 11) is -4.34. The van der Waals surface area contributed by atoms with E-state index in [-0.39, 0.29) is 21.8 Å². The third-order valence-electron chi connectivity index (χ3n) is 4.09. The SMILES string of the molecule is [C-]#[N+]c1ccc(C(=O)Nc2c(C)cc(S(=O)(=O)O)cc2C)cc1[N+]#[C-].c1ccncc1. The molecule has 8 nitrogen and oxygen atoms in total. The first kappa shape index (κ1) is 23.2. The molecule has 1 aromatic heterocycles. The number of rotatable bonds is 3. The number of carbonyl (C=O) groups is 1.